The number of rotatable bonds is 3. The van der Waals surface area contributed by atoms with Gasteiger partial charge in [0.1, 0.15) is 5.75 Å². The number of benzene rings is 1. The average molecular weight is 333 g/mol. The predicted octanol–water partition coefficient (Wildman–Crippen LogP) is -0.660. The molecule has 0 radical (unpaired) electrons. The van der Waals surface area contributed by atoms with E-state index in [9.17, 15) is 9.59 Å². The summed E-state index contributed by atoms with van der Waals surface area (Å²) in [5.74, 6) is 0.740. The molecule has 1 atom stereocenters. The highest BCUT2D eigenvalue weighted by molar-refractivity contribution is 5.97. The summed E-state index contributed by atoms with van der Waals surface area (Å²) in [7, 11) is 3.74. The molecular weight excluding hydrogens is 308 g/mol. The quantitative estimate of drug-likeness (QED) is 0.772. The van der Waals surface area contributed by atoms with Crippen LogP contribution in [-0.4, -0.2) is 69.8 Å². The fraction of sp³-hybridized carbons (Fsp3) is 0.529. The molecule has 0 aromatic heterocycles. The van der Waals surface area contributed by atoms with Crippen LogP contribution < -0.4 is 19.9 Å². The van der Waals surface area contributed by atoms with Crippen LogP contribution in [0.25, 0.3) is 0 Å². The molecule has 0 bridgehead atoms. The van der Waals surface area contributed by atoms with Crippen molar-refractivity contribution < 1.29 is 19.2 Å². The summed E-state index contributed by atoms with van der Waals surface area (Å²) in [6.45, 7) is 3.95. The minimum atomic E-state index is -0.150. The molecule has 2 heterocycles. The van der Waals surface area contributed by atoms with E-state index in [-0.39, 0.29) is 18.0 Å². The van der Waals surface area contributed by atoms with Crippen molar-refractivity contribution in [3.63, 3.8) is 0 Å². The van der Waals surface area contributed by atoms with Crippen LogP contribution in [0.4, 0.5) is 10.5 Å². The molecule has 1 aromatic rings. The molecule has 2 aliphatic heterocycles. The maximum Gasteiger partial charge on any atom is 0.318 e. The maximum absolute atomic E-state index is 12.4. The SMILES string of the molecule is COc1cccc(N2C[C@@H](NC(=O)N3CC[NH+](C)CC3)CC2=O)c1. The molecule has 2 fully saturated rings. The van der Waals surface area contributed by atoms with E-state index in [2.05, 4.69) is 12.4 Å². The number of carbonyl (C=O) groups excluding carboxylic acids is 2. The lowest BCUT2D eigenvalue weighted by molar-refractivity contribution is -0.883. The van der Waals surface area contributed by atoms with Gasteiger partial charge < -0.3 is 24.8 Å². The molecule has 0 aliphatic carbocycles. The summed E-state index contributed by atoms with van der Waals surface area (Å²) >= 11 is 0. The zero-order valence-corrected chi connectivity index (χ0v) is 14.2. The third kappa shape index (κ3) is 3.62. The van der Waals surface area contributed by atoms with Crippen LogP contribution in [0.2, 0.25) is 0 Å². The van der Waals surface area contributed by atoms with Gasteiger partial charge in [0.05, 0.1) is 46.4 Å². The Morgan fingerprint density at radius 2 is 2.08 bits per heavy atom. The minimum absolute atomic E-state index is 0.0244. The highest BCUT2D eigenvalue weighted by Crippen LogP contribution is 2.25. The van der Waals surface area contributed by atoms with Crippen LogP contribution in [0, 0.1) is 0 Å². The number of anilines is 1. The number of ether oxygens (including phenoxy) is 1. The van der Waals surface area contributed by atoms with Gasteiger partial charge in [0.2, 0.25) is 5.91 Å². The number of hydrogen-bond donors (Lipinski definition) is 2. The van der Waals surface area contributed by atoms with Crippen LogP contribution in [-0.2, 0) is 4.79 Å². The smallest absolute Gasteiger partial charge is 0.318 e. The summed E-state index contributed by atoms with van der Waals surface area (Å²) in [5.41, 5.74) is 0.805. The number of amides is 3. The van der Waals surface area contributed by atoms with Crippen molar-refractivity contribution in [2.24, 2.45) is 0 Å². The normalized spacial score (nSPS) is 21.9. The highest BCUT2D eigenvalue weighted by Gasteiger charge is 2.33. The van der Waals surface area contributed by atoms with Crippen molar-refractivity contribution in [2.45, 2.75) is 12.5 Å². The first-order valence-corrected chi connectivity index (χ1v) is 8.38. The van der Waals surface area contributed by atoms with Crippen molar-refractivity contribution >= 4 is 17.6 Å². The Morgan fingerprint density at radius 3 is 2.79 bits per heavy atom. The maximum atomic E-state index is 12.4. The number of methoxy groups -OCH3 is 1. The molecule has 1 aromatic carbocycles. The first kappa shape index (κ1) is 16.6. The van der Waals surface area contributed by atoms with E-state index < -0.39 is 0 Å². The molecule has 7 nitrogen and oxygen atoms in total. The zero-order chi connectivity index (χ0) is 17.1. The third-order valence-corrected chi connectivity index (χ3v) is 4.72. The molecule has 130 valence electrons. The standard InChI is InChI=1S/C17H24N4O3/c1-19-6-8-20(9-7-19)17(23)18-13-10-16(22)21(12-13)14-4-3-5-15(11-14)24-2/h3-5,11,13H,6-10,12H2,1-2H3,(H,18,23)/p+1/t13-/m0/s1. The number of nitrogens with one attached hydrogen (secondary N) is 2. The topological polar surface area (TPSA) is 66.3 Å². The molecule has 7 heteroatoms. The van der Waals surface area contributed by atoms with Crippen LogP contribution in [0.5, 0.6) is 5.75 Å². The Kier molecular flexibility index (Phi) is 4.89. The molecule has 0 unspecified atom stereocenters. The van der Waals surface area contributed by atoms with Gasteiger partial charge >= 0.3 is 6.03 Å². The van der Waals surface area contributed by atoms with Crippen LogP contribution in [0.15, 0.2) is 24.3 Å². The lowest BCUT2D eigenvalue weighted by Gasteiger charge is -2.31. The van der Waals surface area contributed by atoms with E-state index in [1.54, 1.807) is 12.0 Å². The zero-order valence-electron chi connectivity index (χ0n) is 14.2. The van der Waals surface area contributed by atoms with Gasteiger partial charge in [-0.3, -0.25) is 4.79 Å². The third-order valence-electron chi connectivity index (χ3n) is 4.72. The molecule has 0 saturated carbocycles. The monoisotopic (exact) mass is 333 g/mol. The van der Waals surface area contributed by atoms with Gasteiger partial charge in [-0.15, -0.1) is 0 Å². The molecule has 2 aliphatic rings. The van der Waals surface area contributed by atoms with E-state index in [0.29, 0.717) is 18.7 Å². The average Bonchev–Trinajstić information content (AvgIpc) is 2.95. The number of carbonyl (C=O) groups is 2. The fourth-order valence-corrected chi connectivity index (χ4v) is 3.19. The number of likely N-dealkylation sites (N-methyl/N-ethyl adjacent to an activating group) is 1. The summed E-state index contributed by atoms with van der Waals surface area (Å²) < 4.78 is 5.21. The second kappa shape index (κ2) is 7.09. The molecule has 3 amide bonds. The predicted molar refractivity (Wildman–Crippen MR) is 90.5 cm³/mol. The second-order valence-corrected chi connectivity index (χ2v) is 6.50. The molecule has 24 heavy (non-hydrogen) atoms. The van der Waals surface area contributed by atoms with E-state index >= 15 is 0 Å². The van der Waals surface area contributed by atoms with Gasteiger partial charge in [-0.2, -0.15) is 0 Å². The van der Waals surface area contributed by atoms with Gasteiger partial charge in [0, 0.05) is 24.7 Å². The van der Waals surface area contributed by atoms with Gasteiger partial charge in [0.15, 0.2) is 0 Å². The van der Waals surface area contributed by atoms with Crippen LogP contribution >= 0.6 is 0 Å². The van der Waals surface area contributed by atoms with Crippen LogP contribution in [0.3, 0.4) is 0 Å². The Labute approximate surface area is 142 Å². The molecule has 2 saturated heterocycles. The van der Waals surface area contributed by atoms with E-state index in [4.69, 9.17) is 4.74 Å². The first-order chi connectivity index (χ1) is 11.6. The number of piperazine rings is 1. The number of urea groups is 1. The second-order valence-electron chi connectivity index (χ2n) is 6.50. The van der Waals surface area contributed by atoms with E-state index in [1.165, 1.54) is 4.90 Å². The molecular formula is C17H25N4O3+. The van der Waals surface area contributed by atoms with Gasteiger partial charge in [-0.05, 0) is 12.1 Å². The summed E-state index contributed by atoms with van der Waals surface area (Å²) in [6.07, 6.45) is 0.335. The lowest BCUT2D eigenvalue weighted by Crippen LogP contribution is -3.12. The Morgan fingerprint density at radius 1 is 1.33 bits per heavy atom. The van der Waals surface area contributed by atoms with E-state index in [1.807, 2.05) is 29.2 Å². The van der Waals surface area contributed by atoms with Crippen molar-refractivity contribution in [3.05, 3.63) is 24.3 Å². The number of hydrogen-bond acceptors (Lipinski definition) is 3. The van der Waals surface area contributed by atoms with Gasteiger partial charge in [-0.25, -0.2) is 4.79 Å². The summed E-state index contributed by atoms with van der Waals surface area (Å²) in [5, 5.41) is 3.01. The summed E-state index contributed by atoms with van der Waals surface area (Å²) in [4.78, 5) is 29.7. The van der Waals surface area contributed by atoms with Crippen LogP contribution in [0.1, 0.15) is 6.42 Å². The highest BCUT2D eigenvalue weighted by atomic mass is 16.5. The molecule has 2 N–H and O–H groups in total. The van der Waals surface area contributed by atoms with E-state index in [0.717, 1.165) is 31.9 Å². The Balaban J connectivity index is 1.59. The number of quaternary nitrogens is 1. The minimum Gasteiger partial charge on any atom is -0.497 e. The fourth-order valence-electron chi connectivity index (χ4n) is 3.19. The molecule has 0 spiro atoms. The number of nitrogens with zero attached hydrogens (tertiary/aromatic N) is 2. The largest absolute Gasteiger partial charge is 0.497 e. The first-order valence-electron chi connectivity index (χ1n) is 8.38. The van der Waals surface area contributed by atoms with Crippen molar-refractivity contribution in [1.82, 2.24) is 10.2 Å². The van der Waals surface area contributed by atoms with Crippen molar-refractivity contribution in [1.29, 1.82) is 0 Å². The Bertz CT molecular complexity index is 614. The van der Waals surface area contributed by atoms with Crippen molar-refractivity contribution in [2.75, 3.05) is 51.8 Å². The summed E-state index contributed by atoms with van der Waals surface area (Å²) in [6, 6.07) is 7.22. The lowest BCUT2D eigenvalue weighted by atomic mass is 10.2. The molecule has 3 rings (SSSR count). The van der Waals surface area contributed by atoms with Gasteiger partial charge in [0.25, 0.3) is 0 Å². The Hall–Kier alpha value is -2.28. The van der Waals surface area contributed by atoms with Gasteiger partial charge in [-0.1, -0.05) is 6.07 Å². The van der Waals surface area contributed by atoms with Crippen molar-refractivity contribution in [3.8, 4) is 5.75 Å².